The number of aryl methyl sites for hydroxylation is 3. The lowest BCUT2D eigenvalue weighted by Crippen LogP contribution is -2.26. The van der Waals surface area contributed by atoms with Gasteiger partial charge in [0.25, 0.3) is 0 Å². The largest absolute Gasteiger partial charge is 0.336 e. The molecule has 0 radical (unpaired) electrons. The average Bonchev–Trinajstić information content (AvgIpc) is 2.78. The second kappa shape index (κ2) is 6.18. The Kier molecular flexibility index (Phi) is 4.55. The topological polar surface area (TPSA) is 29.9 Å². The van der Waals surface area contributed by atoms with Gasteiger partial charge in [0, 0.05) is 12.6 Å². The minimum absolute atomic E-state index is 0.155. The van der Waals surface area contributed by atoms with Crippen LogP contribution in [0.15, 0.2) is 24.7 Å². The lowest BCUT2D eigenvalue weighted by molar-refractivity contribution is 0.526. The second-order valence-electron chi connectivity index (χ2n) is 5.29. The molecule has 0 aliphatic carbocycles. The fraction of sp³-hybridized carbons (Fsp3) is 0.438. The SMILES string of the molecule is CCCNC(c1c(C)cc(C)cc1F)c1cncn1C. The molecule has 2 aromatic rings. The number of imidazole rings is 1. The monoisotopic (exact) mass is 275 g/mol. The van der Waals surface area contributed by atoms with Crippen molar-refractivity contribution in [3.63, 3.8) is 0 Å². The smallest absolute Gasteiger partial charge is 0.128 e. The molecule has 0 saturated heterocycles. The van der Waals surface area contributed by atoms with Crippen LogP contribution >= 0.6 is 0 Å². The van der Waals surface area contributed by atoms with Crippen LogP contribution in [0.2, 0.25) is 0 Å². The van der Waals surface area contributed by atoms with E-state index in [9.17, 15) is 4.39 Å². The molecule has 1 aromatic carbocycles. The molecular formula is C16H22FN3. The summed E-state index contributed by atoms with van der Waals surface area (Å²) in [6, 6.07) is 3.46. The minimum Gasteiger partial charge on any atom is -0.336 e. The van der Waals surface area contributed by atoms with E-state index in [2.05, 4.69) is 17.2 Å². The molecule has 1 unspecified atom stereocenters. The van der Waals surface area contributed by atoms with E-state index in [1.54, 1.807) is 18.6 Å². The Balaban J connectivity index is 2.50. The van der Waals surface area contributed by atoms with E-state index in [4.69, 9.17) is 0 Å². The van der Waals surface area contributed by atoms with Crippen molar-refractivity contribution in [1.29, 1.82) is 0 Å². The Morgan fingerprint density at radius 3 is 2.65 bits per heavy atom. The van der Waals surface area contributed by atoms with Crippen molar-refractivity contribution in [1.82, 2.24) is 14.9 Å². The first-order valence-corrected chi connectivity index (χ1v) is 7.00. The summed E-state index contributed by atoms with van der Waals surface area (Å²) in [5.41, 5.74) is 3.61. The van der Waals surface area contributed by atoms with Gasteiger partial charge in [-0.1, -0.05) is 13.0 Å². The van der Waals surface area contributed by atoms with Gasteiger partial charge in [-0.3, -0.25) is 0 Å². The van der Waals surface area contributed by atoms with Crippen LogP contribution in [-0.4, -0.2) is 16.1 Å². The maximum Gasteiger partial charge on any atom is 0.128 e. The molecule has 3 nitrogen and oxygen atoms in total. The number of aromatic nitrogens is 2. The van der Waals surface area contributed by atoms with Gasteiger partial charge < -0.3 is 9.88 Å². The lowest BCUT2D eigenvalue weighted by atomic mass is 9.96. The van der Waals surface area contributed by atoms with E-state index in [-0.39, 0.29) is 11.9 Å². The molecule has 1 N–H and O–H groups in total. The summed E-state index contributed by atoms with van der Waals surface area (Å²) in [5, 5.41) is 3.43. The van der Waals surface area contributed by atoms with Gasteiger partial charge >= 0.3 is 0 Å². The molecule has 1 aromatic heterocycles. The molecule has 0 aliphatic heterocycles. The van der Waals surface area contributed by atoms with E-state index in [0.717, 1.165) is 29.8 Å². The van der Waals surface area contributed by atoms with E-state index < -0.39 is 0 Å². The maximum absolute atomic E-state index is 14.4. The molecule has 0 saturated carbocycles. The molecule has 1 heterocycles. The zero-order chi connectivity index (χ0) is 14.7. The number of nitrogens with zero attached hydrogens (tertiary/aromatic N) is 2. The van der Waals surface area contributed by atoms with Gasteiger partial charge in [-0.2, -0.15) is 0 Å². The predicted octanol–water partition coefficient (Wildman–Crippen LogP) is 3.27. The van der Waals surface area contributed by atoms with Gasteiger partial charge in [-0.15, -0.1) is 0 Å². The number of nitrogens with one attached hydrogen (secondary N) is 1. The first kappa shape index (κ1) is 14.7. The van der Waals surface area contributed by atoms with E-state index >= 15 is 0 Å². The van der Waals surface area contributed by atoms with Crippen LogP contribution < -0.4 is 5.32 Å². The van der Waals surface area contributed by atoms with Gasteiger partial charge in [0.05, 0.1) is 24.3 Å². The molecule has 0 bridgehead atoms. The summed E-state index contributed by atoms with van der Waals surface area (Å²) in [6.07, 6.45) is 4.55. The van der Waals surface area contributed by atoms with Crippen LogP contribution in [0.3, 0.4) is 0 Å². The van der Waals surface area contributed by atoms with Crippen molar-refractivity contribution in [2.24, 2.45) is 7.05 Å². The Morgan fingerprint density at radius 1 is 1.35 bits per heavy atom. The zero-order valence-corrected chi connectivity index (χ0v) is 12.6. The van der Waals surface area contributed by atoms with Crippen molar-refractivity contribution in [3.05, 3.63) is 52.9 Å². The molecule has 0 aliphatic rings. The zero-order valence-electron chi connectivity index (χ0n) is 12.6. The summed E-state index contributed by atoms with van der Waals surface area (Å²) >= 11 is 0. The van der Waals surface area contributed by atoms with Gasteiger partial charge in [-0.25, -0.2) is 9.37 Å². The van der Waals surface area contributed by atoms with Crippen LogP contribution in [0.1, 0.15) is 41.8 Å². The van der Waals surface area contributed by atoms with Crippen LogP contribution in [0.4, 0.5) is 4.39 Å². The molecule has 0 fully saturated rings. The third-order valence-corrected chi connectivity index (χ3v) is 3.52. The highest BCUT2D eigenvalue weighted by Gasteiger charge is 2.22. The molecule has 20 heavy (non-hydrogen) atoms. The van der Waals surface area contributed by atoms with E-state index in [0.29, 0.717) is 5.56 Å². The normalized spacial score (nSPS) is 12.7. The molecule has 2 rings (SSSR count). The van der Waals surface area contributed by atoms with Crippen molar-refractivity contribution < 1.29 is 4.39 Å². The highest BCUT2D eigenvalue weighted by molar-refractivity contribution is 5.38. The fourth-order valence-corrected chi connectivity index (χ4v) is 2.58. The van der Waals surface area contributed by atoms with Crippen LogP contribution in [0.25, 0.3) is 0 Å². The maximum atomic E-state index is 14.4. The summed E-state index contributed by atoms with van der Waals surface area (Å²) in [6.45, 7) is 6.81. The second-order valence-corrected chi connectivity index (χ2v) is 5.29. The van der Waals surface area contributed by atoms with Gasteiger partial charge in [0.15, 0.2) is 0 Å². The van der Waals surface area contributed by atoms with Crippen molar-refractivity contribution in [2.45, 2.75) is 33.2 Å². The Bertz CT molecular complexity index is 566. The van der Waals surface area contributed by atoms with E-state index in [1.807, 2.05) is 31.5 Å². The van der Waals surface area contributed by atoms with Gasteiger partial charge in [0.2, 0.25) is 0 Å². The highest BCUT2D eigenvalue weighted by Crippen LogP contribution is 2.28. The predicted molar refractivity (Wildman–Crippen MR) is 79.2 cm³/mol. The molecule has 0 amide bonds. The van der Waals surface area contributed by atoms with Crippen molar-refractivity contribution >= 4 is 0 Å². The number of hydrogen-bond acceptors (Lipinski definition) is 2. The summed E-state index contributed by atoms with van der Waals surface area (Å²) < 4.78 is 16.4. The molecular weight excluding hydrogens is 253 g/mol. The quantitative estimate of drug-likeness (QED) is 0.907. The number of rotatable bonds is 5. The van der Waals surface area contributed by atoms with Gasteiger partial charge in [0.1, 0.15) is 5.82 Å². The summed E-state index contributed by atoms with van der Waals surface area (Å²) in [7, 11) is 1.93. The Morgan fingerprint density at radius 2 is 2.10 bits per heavy atom. The van der Waals surface area contributed by atoms with Crippen LogP contribution in [-0.2, 0) is 7.05 Å². The number of hydrogen-bond donors (Lipinski definition) is 1. The van der Waals surface area contributed by atoms with Crippen molar-refractivity contribution in [3.8, 4) is 0 Å². The third-order valence-electron chi connectivity index (χ3n) is 3.52. The van der Waals surface area contributed by atoms with Crippen LogP contribution in [0, 0.1) is 19.7 Å². The molecule has 0 spiro atoms. The number of halogens is 1. The van der Waals surface area contributed by atoms with E-state index in [1.165, 1.54) is 0 Å². The lowest BCUT2D eigenvalue weighted by Gasteiger charge is -2.22. The highest BCUT2D eigenvalue weighted by atomic mass is 19.1. The Hall–Kier alpha value is -1.68. The third kappa shape index (κ3) is 2.90. The fourth-order valence-electron chi connectivity index (χ4n) is 2.58. The van der Waals surface area contributed by atoms with Gasteiger partial charge in [-0.05, 0) is 44.0 Å². The summed E-state index contributed by atoms with van der Waals surface area (Å²) in [4.78, 5) is 4.15. The Labute approximate surface area is 119 Å². The molecule has 1 atom stereocenters. The number of benzene rings is 1. The minimum atomic E-state index is -0.164. The molecule has 4 heteroatoms. The van der Waals surface area contributed by atoms with Crippen molar-refractivity contribution in [2.75, 3.05) is 6.54 Å². The average molecular weight is 275 g/mol. The first-order valence-electron chi connectivity index (χ1n) is 7.00. The summed E-state index contributed by atoms with van der Waals surface area (Å²) in [5.74, 6) is -0.155. The first-order chi connectivity index (χ1) is 9.54. The molecule has 108 valence electrons. The standard InChI is InChI=1S/C16H22FN3/c1-5-6-19-16(14-9-18-10-20(14)4)15-12(3)7-11(2)8-13(15)17/h7-10,16,19H,5-6H2,1-4H3. The van der Waals surface area contributed by atoms with Crippen LogP contribution in [0.5, 0.6) is 0 Å².